The van der Waals surface area contributed by atoms with Crippen LogP contribution in [-0.2, 0) is 13.9 Å². The minimum absolute atomic E-state index is 0.00116. The average molecular weight is 387 g/mol. The fourth-order valence-electron chi connectivity index (χ4n) is 2.85. The maximum Gasteiger partial charge on any atom is 0.192 e. The Labute approximate surface area is 162 Å². The quantitative estimate of drug-likeness (QED) is 0.291. The summed E-state index contributed by atoms with van der Waals surface area (Å²) in [6, 6.07) is 0. The third-order valence-corrected chi connectivity index (χ3v) is 10.0. The second kappa shape index (κ2) is 11.4. The molecular weight excluding hydrogens is 344 g/mol. The lowest BCUT2D eigenvalue weighted by molar-refractivity contribution is -0.131. The monoisotopic (exact) mass is 386 g/mol. The standard InChI is InChI=1S/C21H42O4Si/c1-11-12-13-16(2)20(25-26(9,10)21(5,6)7)18(4)19(17(3)14-22)24-15-23-8/h11-13,16-20,22H,1,14-15H2,2-10H3/b13-12-/t16-,17-,18-,19+,20-/m0/s1. The van der Waals surface area contributed by atoms with Gasteiger partial charge in [0.25, 0.3) is 0 Å². The molecule has 1 N–H and O–H groups in total. The fourth-order valence-corrected chi connectivity index (χ4v) is 4.31. The van der Waals surface area contributed by atoms with E-state index in [0.717, 1.165) is 0 Å². The first-order chi connectivity index (χ1) is 11.9. The van der Waals surface area contributed by atoms with Crippen LogP contribution < -0.4 is 0 Å². The minimum atomic E-state index is -1.96. The van der Waals surface area contributed by atoms with Crippen molar-refractivity contribution in [2.75, 3.05) is 20.5 Å². The van der Waals surface area contributed by atoms with Gasteiger partial charge in [0.2, 0.25) is 0 Å². The molecule has 0 aromatic carbocycles. The van der Waals surface area contributed by atoms with Crippen LogP contribution in [0.25, 0.3) is 0 Å². The molecule has 154 valence electrons. The van der Waals surface area contributed by atoms with E-state index >= 15 is 0 Å². The molecule has 0 aliphatic rings. The van der Waals surface area contributed by atoms with Crippen LogP contribution in [0.1, 0.15) is 41.5 Å². The molecular formula is C21H42O4Si. The second-order valence-electron chi connectivity index (χ2n) is 8.88. The van der Waals surface area contributed by atoms with Gasteiger partial charge >= 0.3 is 0 Å². The molecule has 0 unspecified atom stereocenters. The number of ether oxygens (including phenoxy) is 2. The molecule has 5 heteroatoms. The highest BCUT2D eigenvalue weighted by Gasteiger charge is 2.43. The number of methoxy groups -OCH3 is 1. The van der Waals surface area contributed by atoms with E-state index in [0.29, 0.717) is 0 Å². The van der Waals surface area contributed by atoms with Gasteiger partial charge in [-0.25, -0.2) is 0 Å². The number of hydrogen-bond donors (Lipinski definition) is 1. The lowest BCUT2D eigenvalue weighted by Gasteiger charge is -2.44. The number of aliphatic hydroxyl groups is 1. The van der Waals surface area contributed by atoms with Gasteiger partial charge in [0.1, 0.15) is 6.79 Å². The third-order valence-electron chi connectivity index (χ3n) is 5.57. The summed E-state index contributed by atoms with van der Waals surface area (Å²) in [5.41, 5.74) is 0. The van der Waals surface area contributed by atoms with E-state index in [1.807, 2.05) is 13.0 Å². The molecule has 0 amide bonds. The molecule has 0 rings (SSSR count). The minimum Gasteiger partial charge on any atom is -0.413 e. The number of allylic oxidation sites excluding steroid dienone is 2. The summed E-state index contributed by atoms with van der Waals surface area (Å²) in [7, 11) is -0.348. The van der Waals surface area contributed by atoms with Crippen LogP contribution in [0.15, 0.2) is 24.8 Å². The van der Waals surface area contributed by atoms with E-state index in [-0.39, 0.29) is 48.4 Å². The highest BCUT2D eigenvalue weighted by Crippen LogP contribution is 2.40. The topological polar surface area (TPSA) is 47.9 Å². The summed E-state index contributed by atoms with van der Waals surface area (Å²) in [6.07, 6.45) is 5.75. The van der Waals surface area contributed by atoms with E-state index in [2.05, 4.69) is 60.4 Å². The Bertz CT molecular complexity index is 428. The molecule has 0 aromatic rings. The summed E-state index contributed by atoms with van der Waals surface area (Å²) in [5.74, 6) is 0.309. The molecule has 4 nitrogen and oxygen atoms in total. The van der Waals surface area contributed by atoms with Gasteiger partial charge < -0.3 is 19.0 Å². The van der Waals surface area contributed by atoms with Gasteiger partial charge in [-0.3, -0.25) is 0 Å². The normalized spacial score (nSPS) is 19.2. The Morgan fingerprint density at radius 1 is 1.12 bits per heavy atom. The van der Waals surface area contributed by atoms with Gasteiger partial charge in [0.15, 0.2) is 8.32 Å². The molecule has 0 saturated carbocycles. The van der Waals surface area contributed by atoms with E-state index in [1.54, 1.807) is 13.2 Å². The van der Waals surface area contributed by atoms with Crippen LogP contribution in [0.5, 0.6) is 0 Å². The molecule has 0 fully saturated rings. The van der Waals surface area contributed by atoms with Crippen molar-refractivity contribution in [3.05, 3.63) is 24.8 Å². The Hall–Kier alpha value is -0.463. The Kier molecular flexibility index (Phi) is 11.2. The molecule has 0 saturated heterocycles. The van der Waals surface area contributed by atoms with E-state index in [9.17, 15) is 5.11 Å². The molecule has 0 aromatic heterocycles. The summed E-state index contributed by atoms with van der Waals surface area (Å²) in [4.78, 5) is 0. The van der Waals surface area contributed by atoms with E-state index in [1.165, 1.54) is 0 Å². The van der Waals surface area contributed by atoms with Gasteiger partial charge in [-0.1, -0.05) is 66.3 Å². The van der Waals surface area contributed by atoms with Crippen LogP contribution in [0.2, 0.25) is 18.1 Å². The lowest BCUT2D eigenvalue weighted by Crippen LogP contribution is -2.50. The Morgan fingerprint density at radius 3 is 2.12 bits per heavy atom. The second-order valence-corrected chi connectivity index (χ2v) is 13.6. The van der Waals surface area contributed by atoms with Crippen LogP contribution >= 0.6 is 0 Å². The van der Waals surface area contributed by atoms with Crippen molar-refractivity contribution in [1.29, 1.82) is 0 Å². The van der Waals surface area contributed by atoms with Crippen molar-refractivity contribution in [2.45, 2.75) is 71.9 Å². The van der Waals surface area contributed by atoms with Crippen molar-refractivity contribution in [1.82, 2.24) is 0 Å². The fraction of sp³-hybridized carbons (Fsp3) is 0.810. The summed E-state index contributed by atoms with van der Waals surface area (Å²) >= 11 is 0. The van der Waals surface area contributed by atoms with Crippen LogP contribution in [-0.4, -0.2) is 46.1 Å². The first-order valence-electron chi connectivity index (χ1n) is 9.61. The largest absolute Gasteiger partial charge is 0.413 e. The first kappa shape index (κ1) is 25.5. The Morgan fingerprint density at radius 2 is 1.69 bits per heavy atom. The van der Waals surface area contributed by atoms with Crippen molar-refractivity contribution >= 4 is 8.32 Å². The average Bonchev–Trinajstić information content (AvgIpc) is 2.56. The number of rotatable bonds is 12. The van der Waals surface area contributed by atoms with Crippen LogP contribution in [0.3, 0.4) is 0 Å². The van der Waals surface area contributed by atoms with Gasteiger partial charge in [-0.05, 0) is 24.1 Å². The molecule has 0 spiro atoms. The van der Waals surface area contributed by atoms with Crippen LogP contribution in [0, 0.1) is 17.8 Å². The SMILES string of the molecule is C=C/C=C\[C@H](C)[C@H](O[Si](C)(C)C(C)(C)C)[C@@H](C)[C@H](OCOC)[C@@H](C)CO. The molecule has 0 aliphatic carbocycles. The van der Waals surface area contributed by atoms with Crippen molar-refractivity contribution < 1.29 is 19.0 Å². The molecule has 0 heterocycles. The predicted octanol–water partition coefficient (Wildman–Crippen LogP) is 5.01. The van der Waals surface area contributed by atoms with Gasteiger partial charge in [-0.2, -0.15) is 0 Å². The van der Waals surface area contributed by atoms with Gasteiger partial charge in [0.05, 0.1) is 12.2 Å². The molecule has 0 radical (unpaired) electrons. The Balaban J connectivity index is 5.71. The highest BCUT2D eigenvalue weighted by atomic mass is 28.4. The van der Waals surface area contributed by atoms with Crippen LogP contribution in [0.4, 0.5) is 0 Å². The zero-order valence-electron chi connectivity index (χ0n) is 18.4. The molecule has 26 heavy (non-hydrogen) atoms. The third kappa shape index (κ3) is 7.65. The van der Waals surface area contributed by atoms with Crippen molar-refractivity contribution in [3.63, 3.8) is 0 Å². The maximum atomic E-state index is 9.70. The van der Waals surface area contributed by atoms with E-state index < -0.39 is 8.32 Å². The summed E-state index contributed by atoms with van der Waals surface area (Å²) < 4.78 is 17.9. The first-order valence-corrected chi connectivity index (χ1v) is 12.5. The maximum absolute atomic E-state index is 9.70. The van der Waals surface area contributed by atoms with Gasteiger partial charge in [0, 0.05) is 25.6 Å². The van der Waals surface area contributed by atoms with Crippen molar-refractivity contribution in [2.24, 2.45) is 17.8 Å². The molecule has 0 bridgehead atoms. The zero-order valence-corrected chi connectivity index (χ0v) is 19.4. The van der Waals surface area contributed by atoms with E-state index in [4.69, 9.17) is 13.9 Å². The highest BCUT2D eigenvalue weighted by molar-refractivity contribution is 6.74. The lowest BCUT2D eigenvalue weighted by atomic mass is 9.84. The number of hydrogen-bond acceptors (Lipinski definition) is 4. The summed E-state index contributed by atoms with van der Waals surface area (Å²) in [5, 5.41) is 9.82. The zero-order chi connectivity index (χ0) is 20.5. The molecule has 0 aliphatic heterocycles. The summed E-state index contributed by atoms with van der Waals surface area (Å²) in [6.45, 7) is 21.7. The number of aliphatic hydroxyl groups excluding tert-OH is 1. The predicted molar refractivity (Wildman–Crippen MR) is 113 cm³/mol. The molecule has 5 atom stereocenters. The van der Waals surface area contributed by atoms with Gasteiger partial charge in [-0.15, -0.1) is 0 Å². The smallest absolute Gasteiger partial charge is 0.192 e. The van der Waals surface area contributed by atoms with Crippen molar-refractivity contribution in [3.8, 4) is 0 Å².